The standard InChI is InChI=1S/C17H25N3/c1-2-3-4-5-9-12-16(18)17-13-14-19-20(17)15-10-7-6-8-11-15/h6-8,10-11,13-14,16H,2-5,9,12,18H2,1H3. The third-order valence-corrected chi connectivity index (χ3v) is 3.67. The fraction of sp³-hybridized carbons (Fsp3) is 0.471. The second-order valence-electron chi connectivity index (χ2n) is 5.31. The van der Waals surface area contributed by atoms with Crippen molar-refractivity contribution in [2.24, 2.45) is 5.73 Å². The minimum atomic E-state index is 0.0688. The summed E-state index contributed by atoms with van der Waals surface area (Å²) in [5.74, 6) is 0. The number of rotatable bonds is 8. The molecule has 2 aromatic rings. The van der Waals surface area contributed by atoms with E-state index < -0.39 is 0 Å². The van der Waals surface area contributed by atoms with Gasteiger partial charge in [-0.15, -0.1) is 0 Å². The number of hydrogen-bond acceptors (Lipinski definition) is 2. The summed E-state index contributed by atoms with van der Waals surface area (Å²) in [6.07, 6.45) is 9.27. The molecule has 0 radical (unpaired) electrons. The van der Waals surface area contributed by atoms with Gasteiger partial charge in [0.05, 0.1) is 11.4 Å². The van der Waals surface area contributed by atoms with E-state index >= 15 is 0 Å². The molecule has 3 heteroatoms. The zero-order valence-corrected chi connectivity index (χ0v) is 12.3. The first kappa shape index (κ1) is 14.8. The molecule has 2 N–H and O–H groups in total. The van der Waals surface area contributed by atoms with Crippen LogP contribution in [0.2, 0.25) is 0 Å². The van der Waals surface area contributed by atoms with Crippen LogP contribution in [-0.4, -0.2) is 9.78 Å². The Kier molecular flexibility index (Phi) is 5.81. The van der Waals surface area contributed by atoms with E-state index in [-0.39, 0.29) is 6.04 Å². The second-order valence-corrected chi connectivity index (χ2v) is 5.31. The minimum absolute atomic E-state index is 0.0688. The van der Waals surface area contributed by atoms with E-state index in [9.17, 15) is 0 Å². The van der Waals surface area contributed by atoms with Crippen molar-refractivity contribution in [1.82, 2.24) is 9.78 Å². The van der Waals surface area contributed by atoms with Crippen molar-refractivity contribution in [1.29, 1.82) is 0 Å². The van der Waals surface area contributed by atoms with Crippen molar-refractivity contribution in [3.63, 3.8) is 0 Å². The van der Waals surface area contributed by atoms with Crippen LogP contribution in [0.25, 0.3) is 5.69 Å². The summed E-state index contributed by atoms with van der Waals surface area (Å²) in [4.78, 5) is 0. The predicted molar refractivity (Wildman–Crippen MR) is 83.9 cm³/mol. The molecular formula is C17H25N3. The van der Waals surface area contributed by atoms with Crippen molar-refractivity contribution >= 4 is 0 Å². The number of hydrogen-bond donors (Lipinski definition) is 1. The molecule has 0 fully saturated rings. The number of unbranched alkanes of at least 4 members (excludes halogenated alkanes) is 4. The quantitative estimate of drug-likeness (QED) is 0.730. The van der Waals surface area contributed by atoms with Gasteiger partial charge in [0.25, 0.3) is 0 Å². The highest BCUT2D eigenvalue weighted by Gasteiger charge is 2.12. The molecule has 0 bridgehead atoms. The molecule has 1 aromatic carbocycles. The fourth-order valence-corrected chi connectivity index (χ4v) is 2.49. The van der Waals surface area contributed by atoms with Crippen LogP contribution >= 0.6 is 0 Å². The van der Waals surface area contributed by atoms with Crippen molar-refractivity contribution in [3.05, 3.63) is 48.3 Å². The maximum absolute atomic E-state index is 6.33. The Hall–Kier alpha value is -1.61. The normalized spacial score (nSPS) is 12.5. The van der Waals surface area contributed by atoms with Gasteiger partial charge >= 0.3 is 0 Å². The lowest BCUT2D eigenvalue weighted by Crippen LogP contribution is -2.15. The molecule has 3 nitrogen and oxygen atoms in total. The summed E-state index contributed by atoms with van der Waals surface area (Å²) in [5, 5.41) is 4.40. The van der Waals surface area contributed by atoms with Crippen LogP contribution < -0.4 is 5.73 Å². The van der Waals surface area contributed by atoms with Gasteiger partial charge in [0, 0.05) is 12.2 Å². The summed E-state index contributed by atoms with van der Waals surface area (Å²) in [5.41, 5.74) is 8.51. The molecular weight excluding hydrogens is 246 g/mol. The van der Waals surface area contributed by atoms with E-state index in [0.717, 1.165) is 17.8 Å². The van der Waals surface area contributed by atoms with Crippen molar-refractivity contribution < 1.29 is 0 Å². The Labute approximate surface area is 121 Å². The van der Waals surface area contributed by atoms with Crippen LogP contribution in [0.15, 0.2) is 42.6 Å². The highest BCUT2D eigenvalue weighted by atomic mass is 15.3. The Morgan fingerprint density at radius 3 is 2.55 bits per heavy atom. The molecule has 0 aliphatic heterocycles. The lowest BCUT2D eigenvalue weighted by Gasteiger charge is -2.14. The highest BCUT2D eigenvalue weighted by Crippen LogP contribution is 2.20. The first-order valence-electron chi connectivity index (χ1n) is 7.68. The Balaban J connectivity index is 1.94. The second kappa shape index (κ2) is 7.85. The average molecular weight is 271 g/mol. The van der Waals surface area contributed by atoms with Crippen LogP contribution in [0.1, 0.15) is 57.2 Å². The molecule has 108 valence electrons. The number of nitrogens with zero attached hydrogens (tertiary/aromatic N) is 2. The molecule has 1 aromatic heterocycles. The summed E-state index contributed by atoms with van der Waals surface area (Å²) in [7, 11) is 0. The molecule has 1 atom stereocenters. The van der Waals surface area contributed by atoms with E-state index in [1.54, 1.807) is 0 Å². The van der Waals surface area contributed by atoms with Gasteiger partial charge in [-0.1, -0.05) is 57.2 Å². The first-order chi connectivity index (χ1) is 9.83. The van der Waals surface area contributed by atoms with Crippen molar-refractivity contribution in [3.8, 4) is 5.69 Å². The largest absolute Gasteiger partial charge is 0.323 e. The average Bonchev–Trinajstić information content (AvgIpc) is 2.97. The third-order valence-electron chi connectivity index (χ3n) is 3.67. The van der Waals surface area contributed by atoms with Crippen LogP contribution in [0.5, 0.6) is 0 Å². The van der Waals surface area contributed by atoms with Crippen molar-refractivity contribution in [2.45, 2.75) is 51.5 Å². The summed E-state index contributed by atoms with van der Waals surface area (Å²) >= 11 is 0. The molecule has 1 heterocycles. The fourth-order valence-electron chi connectivity index (χ4n) is 2.49. The van der Waals surface area contributed by atoms with Gasteiger partial charge in [-0.3, -0.25) is 0 Å². The smallest absolute Gasteiger partial charge is 0.0649 e. The minimum Gasteiger partial charge on any atom is -0.323 e. The van der Waals surface area contributed by atoms with Crippen LogP contribution in [0.4, 0.5) is 0 Å². The lowest BCUT2D eigenvalue weighted by atomic mass is 10.0. The summed E-state index contributed by atoms with van der Waals surface area (Å²) in [6.45, 7) is 2.24. The highest BCUT2D eigenvalue weighted by molar-refractivity contribution is 5.33. The van der Waals surface area contributed by atoms with E-state index in [1.807, 2.05) is 35.1 Å². The molecule has 2 rings (SSSR count). The number of benzene rings is 1. The van der Waals surface area contributed by atoms with E-state index in [0.29, 0.717) is 0 Å². The van der Waals surface area contributed by atoms with E-state index in [4.69, 9.17) is 5.73 Å². The lowest BCUT2D eigenvalue weighted by molar-refractivity contribution is 0.538. The Morgan fingerprint density at radius 2 is 1.80 bits per heavy atom. The monoisotopic (exact) mass is 271 g/mol. The molecule has 0 aliphatic carbocycles. The van der Waals surface area contributed by atoms with Crippen molar-refractivity contribution in [2.75, 3.05) is 0 Å². The molecule has 20 heavy (non-hydrogen) atoms. The number of para-hydroxylation sites is 1. The zero-order valence-electron chi connectivity index (χ0n) is 12.3. The van der Waals surface area contributed by atoms with Crippen LogP contribution in [-0.2, 0) is 0 Å². The van der Waals surface area contributed by atoms with E-state index in [1.165, 1.54) is 32.1 Å². The van der Waals surface area contributed by atoms with Gasteiger partial charge < -0.3 is 5.73 Å². The maximum atomic E-state index is 6.33. The topological polar surface area (TPSA) is 43.8 Å². The number of nitrogens with two attached hydrogens (primary N) is 1. The third kappa shape index (κ3) is 3.94. The summed E-state index contributed by atoms with van der Waals surface area (Å²) < 4.78 is 1.96. The molecule has 0 spiro atoms. The zero-order chi connectivity index (χ0) is 14.2. The SMILES string of the molecule is CCCCCCCC(N)c1ccnn1-c1ccccc1. The van der Waals surface area contributed by atoms with Gasteiger partial charge in [-0.25, -0.2) is 4.68 Å². The van der Waals surface area contributed by atoms with Crippen LogP contribution in [0.3, 0.4) is 0 Å². The molecule has 0 saturated heterocycles. The predicted octanol–water partition coefficient (Wildman–Crippen LogP) is 4.23. The van der Waals surface area contributed by atoms with Gasteiger partial charge in [0.1, 0.15) is 0 Å². The van der Waals surface area contributed by atoms with Gasteiger partial charge in [0.15, 0.2) is 0 Å². The van der Waals surface area contributed by atoms with E-state index in [2.05, 4.69) is 24.2 Å². The van der Waals surface area contributed by atoms with Gasteiger partial charge in [0.2, 0.25) is 0 Å². The number of aromatic nitrogens is 2. The van der Waals surface area contributed by atoms with Crippen LogP contribution in [0, 0.1) is 0 Å². The van der Waals surface area contributed by atoms with Gasteiger partial charge in [-0.2, -0.15) is 5.10 Å². The molecule has 0 saturated carbocycles. The maximum Gasteiger partial charge on any atom is 0.0649 e. The summed E-state index contributed by atoms with van der Waals surface area (Å²) in [6, 6.07) is 12.3. The first-order valence-corrected chi connectivity index (χ1v) is 7.68. The Bertz CT molecular complexity index is 490. The molecule has 1 unspecified atom stereocenters. The molecule has 0 amide bonds. The Morgan fingerprint density at radius 1 is 1.05 bits per heavy atom. The molecule has 0 aliphatic rings. The van der Waals surface area contributed by atoms with Gasteiger partial charge in [-0.05, 0) is 24.6 Å².